The van der Waals surface area contributed by atoms with Crippen molar-refractivity contribution < 1.29 is 13.9 Å². The minimum atomic E-state index is 0.483. The minimum Gasteiger partial charge on any atom is -0.493 e. The summed E-state index contributed by atoms with van der Waals surface area (Å²) < 4.78 is 16.3. The Morgan fingerprint density at radius 2 is 1.73 bits per heavy atom. The predicted molar refractivity (Wildman–Crippen MR) is 102 cm³/mol. The van der Waals surface area contributed by atoms with E-state index in [4.69, 9.17) is 37.1 Å². The first-order valence-corrected chi connectivity index (χ1v) is 8.65. The molecule has 0 spiro atoms. The lowest BCUT2D eigenvalue weighted by Gasteiger charge is -2.25. The Kier molecular flexibility index (Phi) is 5.91. The largest absolute Gasteiger partial charge is 0.493 e. The number of ether oxygens (including phenoxy) is 2. The standard InChI is InChI=1S/C19H18Cl2N2O3/c1-24-18-6-5-13(8-19(18)25-2)23(11-14-4-3-7-26-14)12-15-16(20)9-22-10-17(15)21/h3-10H,11-12H2,1-2H3. The van der Waals surface area contributed by atoms with E-state index in [1.165, 1.54) is 0 Å². The fourth-order valence-corrected chi connectivity index (χ4v) is 3.11. The highest BCUT2D eigenvalue weighted by Crippen LogP contribution is 2.34. The van der Waals surface area contributed by atoms with Crippen LogP contribution in [0.4, 0.5) is 5.69 Å². The van der Waals surface area contributed by atoms with Crippen molar-refractivity contribution in [2.45, 2.75) is 13.1 Å². The summed E-state index contributed by atoms with van der Waals surface area (Å²) in [6, 6.07) is 9.50. The van der Waals surface area contributed by atoms with Gasteiger partial charge < -0.3 is 18.8 Å². The first-order chi connectivity index (χ1) is 12.6. The zero-order valence-electron chi connectivity index (χ0n) is 14.4. The molecule has 0 atom stereocenters. The zero-order chi connectivity index (χ0) is 18.5. The number of furan rings is 1. The van der Waals surface area contributed by atoms with Crippen LogP contribution in [0.25, 0.3) is 0 Å². The summed E-state index contributed by atoms with van der Waals surface area (Å²) in [4.78, 5) is 6.10. The molecule has 136 valence electrons. The number of nitrogens with zero attached hydrogens (tertiary/aromatic N) is 2. The fraction of sp³-hybridized carbons (Fsp3) is 0.211. The second kappa shape index (κ2) is 8.34. The minimum absolute atomic E-state index is 0.483. The van der Waals surface area contributed by atoms with Crippen LogP contribution in [0.15, 0.2) is 53.4 Å². The van der Waals surface area contributed by atoms with Crippen molar-refractivity contribution in [2.24, 2.45) is 0 Å². The Labute approximate surface area is 162 Å². The van der Waals surface area contributed by atoms with Gasteiger partial charge in [-0.15, -0.1) is 0 Å². The second-order valence-corrected chi connectivity index (χ2v) is 6.37. The summed E-state index contributed by atoms with van der Waals surface area (Å²) in [5, 5.41) is 1.03. The Morgan fingerprint density at radius 3 is 2.35 bits per heavy atom. The monoisotopic (exact) mass is 392 g/mol. The molecule has 0 aliphatic carbocycles. The summed E-state index contributed by atoms with van der Waals surface area (Å²) in [6.07, 6.45) is 4.82. The second-order valence-electron chi connectivity index (χ2n) is 5.56. The molecule has 7 heteroatoms. The highest BCUT2D eigenvalue weighted by molar-refractivity contribution is 6.35. The smallest absolute Gasteiger partial charge is 0.162 e. The first-order valence-electron chi connectivity index (χ1n) is 7.89. The van der Waals surface area contributed by atoms with E-state index in [-0.39, 0.29) is 0 Å². The molecule has 5 nitrogen and oxygen atoms in total. The van der Waals surface area contributed by atoms with Crippen molar-refractivity contribution in [1.29, 1.82) is 0 Å². The Hall–Kier alpha value is -2.37. The maximum absolute atomic E-state index is 6.31. The third kappa shape index (κ3) is 4.06. The molecule has 0 radical (unpaired) electrons. The lowest BCUT2D eigenvalue weighted by Crippen LogP contribution is -2.22. The van der Waals surface area contributed by atoms with Gasteiger partial charge in [0.2, 0.25) is 0 Å². The third-order valence-electron chi connectivity index (χ3n) is 3.96. The molecule has 0 aliphatic heterocycles. The molecule has 0 bridgehead atoms. The van der Waals surface area contributed by atoms with Crippen LogP contribution in [0.1, 0.15) is 11.3 Å². The molecule has 3 aromatic rings. The van der Waals surface area contributed by atoms with Gasteiger partial charge in [0.1, 0.15) is 5.76 Å². The van der Waals surface area contributed by atoms with Gasteiger partial charge >= 0.3 is 0 Å². The van der Waals surface area contributed by atoms with Gasteiger partial charge in [-0.25, -0.2) is 0 Å². The number of halogens is 2. The first kappa shape index (κ1) is 18.4. The number of rotatable bonds is 7. The van der Waals surface area contributed by atoms with Crippen molar-refractivity contribution in [3.63, 3.8) is 0 Å². The third-order valence-corrected chi connectivity index (χ3v) is 4.61. The van der Waals surface area contributed by atoms with E-state index >= 15 is 0 Å². The molecule has 0 unspecified atom stereocenters. The summed E-state index contributed by atoms with van der Waals surface area (Å²) in [5.41, 5.74) is 1.72. The van der Waals surface area contributed by atoms with E-state index in [1.807, 2.05) is 30.3 Å². The van der Waals surface area contributed by atoms with Gasteiger partial charge in [0.05, 0.1) is 37.1 Å². The zero-order valence-corrected chi connectivity index (χ0v) is 15.9. The van der Waals surface area contributed by atoms with E-state index < -0.39 is 0 Å². The summed E-state index contributed by atoms with van der Waals surface area (Å²) in [7, 11) is 3.21. The lowest BCUT2D eigenvalue weighted by atomic mass is 10.2. The van der Waals surface area contributed by atoms with E-state index in [1.54, 1.807) is 32.9 Å². The van der Waals surface area contributed by atoms with Crippen LogP contribution in [0.5, 0.6) is 11.5 Å². The van der Waals surface area contributed by atoms with Gasteiger partial charge in [0, 0.05) is 36.3 Å². The van der Waals surface area contributed by atoms with E-state index in [2.05, 4.69) is 9.88 Å². The van der Waals surface area contributed by atoms with Crippen LogP contribution < -0.4 is 14.4 Å². The molecule has 2 aromatic heterocycles. The van der Waals surface area contributed by atoms with Crippen molar-refractivity contribution in [2.75, 3.05) is 19.1 Å². The van der Waals surface area contributed by atoms with Crippen LogP contribution in [0.3, 0.4) is 0 Å². The predicted octanol–water partition coefficient (Wildman–Crippen LogP) is 5.21. The maximum Gasteiger partial charge on any atom is 0.162 e. The van der Waals surface area contributed by atoms with Crippen molar-refractivity contribution >= 4 is 28.9 Å². The molecule has 0 N–H and O–H groups in total. The number of hydrogen-bond acceptors (Lipinski definition) is 5. The van der Waals surface area contributed by atoms with Crippen molar-refractivity contribution in [3.05, 3.63) is 70.4 Å². The van der Waals surface area contributed by atoms with Crippen LogP contribution in [0.2, 0.25) is 10.0 Å². The molecule has 0 aliphatic rings. The molecule has 0 saturated heterocycles. The Balaban J connectivity index is 1.98. The molecule has 1 aromatic carbocycles. The summed E-state index contributed by atoms with van der Waals surface area (Å²) >= 11 is 12.6. The van der Waals surface area contributed by atoms with Crippen LogP contribution in [-0.2, 0) is 13.1 Å². The summed E-state index contributed by atoms with van der Waals surface area (Å²) in [5.74, 6) is 2.12. The molecule has 26 heavy (non-hydrogen) atoms. The van der Waals surface area contributed by atoms with E-state index in [9.17, 15) is 0 Å². The maximum atomic E-state index is 6.31. The molecule has 0 fully saturated rings. The SMILES string of the molecule is COc1ccc(N(Cc2ccco2)Cc2c(Cl)cncc2Cl)cc1OC. The van der Waals surface area contributed by atoms with Gasteiger partial charge in [0.15, 0.2) is 11.5 Å². The number of pyridine rings is 1. The van der Waals surface area contributed by atoms with Gasteiger partial charge in [-0.3, -0.25) is 4.98 Å². The van der Waals surface area contributed by atoms with E-state index in [0.29, 0.717) is 34.6 Å². The molecule has 0 saturated carbocycles. The number of hydrogen-bond donors (Lipinski definition) is 0. The number of anilines is 1. The molecule has 3 rings (SSSR count). The topological polar surface area (TPSA) is 47.7 Å². The van der Waals surface area contributed by atoms with E-state index in [0.717, 1.165) is 17.0 Å². The molecular formula is C19H18Cl2N2O3. The Bertz CT molecular complexity index is 849. The number of benzene rings is 1. The van der Waals surface area contributed by atoms with Crippen LogP contribution >= 0.6 is 23.2 Å². The Morgan fingerprint density at radius 1 is 1.00 bits per heavy atom. The highest BCUT2D eigenvalue weighted by Gasteiger charge is 2.16. The summed E-state index contributed by atoms with van der Waals surface area (Å²) in [6.45, 7) is 1.02. The van der Waals surface area contributed by atoms with Gasteiger partial charge in [-0.05, 0) is 24.3 Å². The average Bonchev–Trinajstić information content (AvgIpc) is 3.16. The number of methoxy groups -OCH3 is 2. The lowest BCUT2D eigenvalue weighted by molar-refractivity contribution is 0.355. The van der Waals surface area contributed by atoms with Crippen molar-refractivity contribution in [3.8, 4) is 11.5 Å². The van der Waals surface area contributed by atoms with Gasteiger partial charge in [-0.2, -0.15) is 0 Å². The van der Waals surface area contributed by atoms with Gasteiger partial charge in [-0.1, -0.05) is 23.2 Å². The quantitative estimate of drug-likeness (QED) is 0.552. The van der Waals surface area contributed by atoms with Crippen molar-refractivity contribution in [1.82, 2.24) is 4.98 Å². The average molecular weight is 393 g/mol. The normalized spacial score (nSPS) is 10.6. The number of aromatic nitrogens is 1. The highest BCUT2D eigenvalue weighted by atomic mass is 35.5. The van der Waals surface area contributed by atoms with Gasteiger partial charge in [0.25, 0.3) is 0 Å². The fourth-order valence-electron chi connectivity index (χ4n) is 2.63. The molecular weight excluding hydrogens is 375 g/mol. The van der Waals surface area contributed by atoms with Crippen LogP contribution in [0, 0.1) is 0 Å². The molecule has 2 heterocycles. The van der Waals surface area contributed by atoms with Crippen LogP contribution in [-0.4, -0.2) is 19.2 Å². The molecule has 0 amide bonds.